The molecule has 1 amide bonds. The first-order valence-electron chi connectivity index (χ1n) is 7.01. The molecule has 20 heavy (non-hydrogen) atoms. The van der Waals surface area contributed by atoms with E-state index >= 15 is 0 Å². The van der Waals surface area contributed by atoms with Crippen molar-refractivity contribution in [3.63, 3.8) is 0 Å². The quantitative estimate of drug-likeness (QED) is 0.847. The highest BCUT2D eigenvalue weighted by molar-refractivity contribution is 6.07. The summed E-state index contributed by atoms with van der Waals surface area (Å²) in [7, 11) is 4.07. The monoisotopic (exact) mass is 270 g/mol. The SMILES string of the molecule is Cc1ccc(C(=O)NCCCN(C)C)c2ccccc12. The number of nitrogens with zero attached hydrogens (tertiary/aromatic N) is 1. The van der Waals surface area contributed by atoms with Gasteiger partial charge in [0.05, 0.1) is 0 Å². The largest absolute Gasteiger partial charge is 0.352 e. The van der Waals surface area contributed by atoms with Gasteiger partial charge in [-0.05, 0) is 56.4 Å². The number of carbonyl (C=O) groups excluding carboxylic acids is 1. The highest BCUT2D eigenvalue weighted by atomic mass is 16.1. The van der Waals surface area contributed by atoms with Crippen molar-refractivity contribution in [1.29, 1.82) is 0 Å². The Labute approximate surface area is 120 Å². The van der Waals surface area contributed by atoms with E-state index in [9.17, 15) is 4.79 Å². The van der Waals surface area contributed by atoms with E-state index in [4.69, 9.17) is 0 Å². The molecule has 3 heteroatoms. The van der Waals surface area contributed by atoms with Gasteiger partial charge in [-0.1, -0.05) is 30.3 Å². The molecule has 0 aliphatic heterocycles. The van der Waals surface area contributed by atoms with Crippen LogP contribution < -0.4 is 5.32 Å². The van der Waals surface area contributed by atoms with Crippen molar-refractivity contribution in [2.75, 3.05) is 27.2 Å². The van der Waals surface area contributed by atoms with Crippen molar-refractivity contribution < 1.29 is 4.79 Å². The normalized spacial score (nSPS) is 11.0. The number of carbonyl (C=O) groups is 1. The van der Waals surface area contributed by atoms with Crippen LogP contribution in [-0.2, 0) is 0 Å². The average Bonchev–Trinajstić information content (AvgIpc) is 2.44. The van der Waals surface area contributed by atoms with E-state index in [1.165, 1.54) is 5.56 Å². The molecular weight excluding hydrogens is 248 g/mol. The highest BCUT2D eigenvalue weighted by Crippen LogP contribution is 2.22. The second-order valence-electron chi connectivity index (χ2n) is 5.39. The predicted octanol–water partition coefficient (Wildman–Crippen LogP) is 2.83. The van der Waals surface area contributed by atoms with Crippen LogP contribution in [-0.4, -0.2) is 38.0 Å². The summed E-state index contributed by atoms with van der Waals surface area (Å²) in [5.74, 6) is 0.0138. The van der Waals surface area contributed by atoms with Gasteiger partial charge in [0.25, 0.3) is 5.91 Å². The van der Waals surface area contributed by atoms with Gasteiger partial charge in [0.15, 0.2) is 0 Å². The van der Waals surface area contributed by atoms with Crippen LogP contribution in [0.2, 0.25) is 0 Å². The van der Waals surface area contributed by atoms with Crippen molar-refractivity contribution in [2.45, 2.75) is 13.3 Å². The molecule has 2 rings (SSSR count). The lowest BCUT2D eigenvalue weighted by Gasteiger charge is -2.11. The zero-order valence-electron chi connectivity index (χ0n) is 12.4. The summed E-state index contributed by atoms with van der Waals surface area (Å²) in [6.45, 7) is 3.76. The summed E-state index contributed by atoms with van der Waals surface area (Å²) >= 11 is 0. The second-order valence-corrected chi connectivity index (χ2v) is 5.39. The lowest BCUT2D eigenvalue weighted by Crippen LogP contribution is -2.27. The lowest BCUT2D eigenvalue weighted by molar-refractivity contribution is 0.0954. The molecule has 0 spiro atoms. The van der Waals surface area contributed by atoms with Crippen LogP contribution in [0.3, 0.4) is 0 Å². The molecule has 0 atom stereocenters. The summed E-state index contributed by atoms with van der Waals surface area (Å²) in [6, 6.07) is 12.0. The lowest BCUT2D eigenvalue weighted by atomic mass is 10.00. The molecule has 1 N–H and O–H groups in total. The molecule has 0 aromatic heterocycles. The maximum atomic E-state index is 12.3. The molecule has 3 nitrogen and oxygen atoms in total. The third-order valence-electron chi connectivity index (χ3n) is 3.45. The van der Waals surface area contributed by atoms with Crippen LogP contribution in [0.15, 0.2) is 36.4 Å². The van der Waals surface area contributed by atoms with E-state index in [2.05, 4.69) is 23.2 Å². The van der Waals surface area contributed by atoms with E-state index in [0.717, 1.165) is 29.3 Å². The van der Waals surface area contributed by atoms with Gasteiger partial charge in [0, 0.05) is 12.1 Å². The Bertz CT molecular complexity index is 605. The van der Waals surface area contributed by atoms with Gasteiger partial charge in [-0.3, -0.25) is 4.79 Å². The zero-order valence-corrected chi connectivity index (χ0v) is 12.4. The molecule has 0 saturated carbocycles. The van der Waals surface area contributed by atoms with Crippen LogP contribution in [0, 0.1) is 6.92 Å². The summed E-state index contributed by atoms with van der Waals surface area (Å²) < 4.78 is 0. The first-order valence-corrected chi connectivity index (χ1v) is 7.01. The molecular formula is C17H22N2O. The van der Waals surface area contributed by atoms with Crippen molar-refractivity contribution in [3.8, 4) is 0 Å². The van der Waals surface area contributed by atoms with Crippen LogP contribution in [0.4, 0.5) is 0 Å². The Kier molecular flexibility index (Phi) is 4.74. The first kappa shape index (κ1) is 14.5. The Balaban J connectivity index is 2.12. The number of amides is 1. The van der Waals surface area contributed by atoms with Gasteiger partial charge in [-0.15, -0.1) is 0 Å². The van der Waals surface area contributed by atoms with E-state index in [1.807, 2.05) is 44.4 Å². The number of rotatable bonds is 5. The Morgan fingerprint density at radius 1 is 1.10 bits per heavy atom. The van der Waals surface area contributed by atoms with Crippen molar-refractivity contribution >= 4 is 16.7 Å². The number of nitrogens with one attached hydrogen (secondary N) is 1. The fourth-order valence-electron chi connectivity index (χ4n) is 2.34. The Hall–Kier alpha value is -1.87. The summed E-state index contributed by atoms with van der Waals surface area (Å²) in [5, 5.41) is 5.17. The summed E-state index contributed by atoms with van der Waals surface area (Å²) in [4.78, 5) is 14.4. The topological polar surface area (TPSA) is 32.3 Å². The molecule has 0 heterocycles. The molecule has 2 aromatic carbocycles. The average molecular weight is 270 g/mol. The van der Waals surface area contributed by atoms with Gasteiger partial charge in [-0.25, -0.2) is 0 Å². The minimum atomic E-state index is 0.0138. The molecule has 0 aliphatic rings. The number of benzene rings is 2. The molecule has 106 valence electrons. The van der Waals surface area contributed by atoms with Crippen molar-refractivity contribution in [2.24, 2.45) is 0 Å². The van der Waals surface area contributed by atoms with Crippen LogP contribution in [0.25, 0.3) is 10.8 Å². The van der Waals surface area contributed by atoms with E-state index in [1.54, 1.807) is 0 Å². The van der Waals surface area contributed by atoms with Crippen LogP contribution in [0.5, 0.6) is 0 Å². The third kappa shape index (κ3) is 3.36. The fourth-order valence-corrected chi connectivity index (χ4v) is 2.34. The molecule has 0 aliphatic carbocycles. The molecule has 0 saturated heterocycles. The minimum Gasteiger partial charge on any atom is -0.352 e. The minimum absolute atomic E-state index is 0.0138. The molecule has 0 bridgehead atoms. The third-order valence-corrected chi connectivity index (χ3v) is 3.45. The fraction of sp³-hybridized carbons (Fsp3) is 0.353. The van der Waals surface area contributed by atoms with Gasteiger partial charge < -0.3 is 10.2 Å². The predicted molar refractivity (Wildman–Crippen MR) is 84.2 cm³/mol. The van der Waals surface area contributed by atoms with E-state index in [0.29, 0.717) is 6.54 Å². The Morgan fingerprint density at radius 2 is 1.80 bits per heavy atom. The molecule has 0 fully saturated rings. The van der Waals surface area contributed by atoms with Gasteiger partial charge in [0.1, 0.15) is 0 Å². The number of aryl methyl sites for hydroxylation is 1. The van der Waals surface area contributed by atoms with E-state index < -0.39 is 0 Å². The molecule has 0 radical (unpaired) electrons. The zero-order chi connectivity index (χ0) is 14.5. The molecule has 2 aromatic rings. The highest BCUT2D eigenvalue weighted by Gasteiger charge is 2.10. The summed E-state index contributed by atoms with van der Waals surface area (Å²) in [5.41, 5.74) is 1.96. The maximum absolute atomic E-state index is 12.3. The van der Waals surface area contributed by atoms with Crippen LogP contribution in [0.1, 0.15) is 22.3 Å². The number of fused-ring (bicyclic) bond motifs is 1. The van der Waals surface area contributed by atoms with E-state index in [-0.39, 0.29) is 5.91 Å². The molecule has 0 unspecified atom stereocenters. The standard InChI is InChI=1S/C17H22N2O/c1-13-9-10-16(15-8-5-4-7-14(13)15)17(20)18-11-6-12-19(2)3/h4-5,7-10H,6,11-12H2,1-3H3,(H,18,20). The van der Waals surface area contributed by atoms with Gasteiger partial charge in [0.2, 0.25) is 0 Å². The Morgan fingerprint density at radius 3 is 2.50 bits per heavy atom. The first-order chi connectivity index (χ1) is 9.59. The maximum Gasteiger partial charge on any atom is 0.251 e. The smallest absolute Gasteiger partial charge is 0.251 e. The number of hydrogen-bond donors (Lipinski definition) is 1. The van der Waals surface area contributed by atoms with Crippen LogP contribution >= 0.6 is 0 Å². The van der Waals surface area contributed by atoms with Crippen molar-refractivity contribution in [3.05, 3.63) is 47.5 Å². The summed E-state index contributed by atoms with van der Waals surface area (Å²) in [6.07, 6.45) is 0.961. The van der Waals surface area contributed by atoms with Gasteiger partial charge in [-0.2, -0.15) is 0 Å². The van der Waals surface area contributed by atoms with Gasteiger partial charge >= 0.3 is 0 Å². The number of hydrogen-bond acceptors (Lipinski definition) is 2. The van der Waals surface area contributed by atoms with Crippen molar-refractivity contribution in [1.82, 2.24) is 10.2 Å². The second kappa shape index (κ2) is 6.53.